The quantitative estimate of drug-likeness (QED) is 0.0197. The van der Waals surface area contributed by atoms with Gasteiger partial charge in [-0.2, -0.15) is 0 Å². The second-order valence-corrected chi connectivity index (χ2v) is 18.1. The van der Waals surface area contributed by atoms with Gasteiger partial charge in [-0.3, -0.25) is 23.4 Å². The summed E-state index contributed by atoms with van der Waals surface area (Å²) in [5.74, 6) is -1.51. The number of rotatable bonds is 46. The van der Waals surface area contributed by atoms with Gasteiger partial charge in [0.1, 0.15) is 12.7 Å². The van der Waals surface area contributed by atoms with E-state index in [1.54, 1.807) is 0 Å². The van der Waals surface area contributed by atoms with Gasteiger partial charge in [0, 0.05) is 19.3 Å². The Bertz CT molecular complexity index is 1310. The van der Waals surface area contributed by atoms with Gasteiger partial charge in [-0.15, -0.1) is 0 Å². The van der Waals surface area contributed by atoms with Crippen LogP contribution in [0.25, 0.3) is 0 Å². The average Bonchev–Trinajstić information content (AvgIpc) is 3.28. The van der Waals surface area contributed by atoms with E-state index >= 15 is 0 Å². The van der Waals surface area contributed by atoms with Crippen molar-refractivity contribution in [3.8, 4) is 0 Å². The zero-order valence-corrected chi connectivity index (χ0v) is 41.4. The number of ether oxygens (including phenoxy) is 3. The Morgan fingerprint density at radius 2 is 0.828 bits per heavy atom. The van der Waals surface area contributed by atoms with Gasteiger partial charge in [0.2, 0.25) is 0 Å². The van der Waals surface area contributed by atoms with E-state index in [0.29, 0.717) is 19.3 Å². The molecule has 2 N–H and O–H groups in total. The van der Waals surface area contributed by atoms with E-state index in [-0.39, 0.29) is 25.9 Å². The number of allylic oxidation sites excluding steroid dienone is 10. The molecule has 0 aromatic rings. The van der Waals surface area contributed by atoms with E-state index in [4.69, 9.17) is 23.3 Å². The standard InChI is InChI=1S/C52H91O11P/c1-4-7-10-13-16-19-21-22-23-24-25-26-28-31-34-37-40-43-52(56)63-49(45-59-50(54)41-38-35-32-30-27-20-17-14-11-8-5-2)47-61-64(57,58)60-46-48(44-53)62-51(55)42-39-36-33-29-18-15-12-9-6-3/h7,10,14,16-17,19,22-23,25-26,48-49,53H,4-6,8-9,11-13,15,18,20-21,24,27-47H2,1-3H3,(H,57,58)/b10-7-,17-14-,19-16-,23-22-,26-25-. The fourth-order valence-electron chi connectivity index (χ4n) is 6.56. The van der Waals surface area contributed by atoms with E-state index in [1.165, 1.54) is 44.9 Å². The van der Waals surface area contributed by atoms with E-state index in [9.17, 15) is 28.9 Å². The topological polar surface area (TPSA) is 155 Å². The average molecular weight is 923 g/mol. The van der Waals surface area contributed by atoms with Crippen molar-refractivity contribution in [1.29, 1.82) is 0 Å². The molecule has 0 fully saturated rings. The molecule has 0 aromatic carbocycles. The Hall–Kier alpha value is -2.82. The van der Waals surface area contributed by atoms with Crippen LogP contribution in [0.4, 0.5) is 0 Å². The third-order valence-corrected chi connectivity index (χ3v) is 11.4. The molecule has 0 aromatic heterocycles. The van der Waals surface area contributed by atoms with Crippen molar-refractivity contribution in [2.45, 2.75) is 226 Å². The van der Waals surface area contributed by atoms with Crippen LogP contribution >= 0.6 is 7.82 Å². The molecule has 11 nitrogen and oxygen atoms in total. The van der Waals surface area contributed by atoms with Crippen LogP contribution < -0.4 is 0 Å². The number of hydrogen-bond donors (Lipinski definition) is 2. The first-order valence-electron chi connectivity index (χ1n) is 25.2. The zero-order chi connectivity index (χ0) is 47.0. The summed E-state index contributed by atoms with van der Waals surface area (Å²) in [6.07, 6.45) is 47.7. The highest BCUT2D eigenvalue weighted by atomic mass is 31.2. The van der Waals surface area contributed by atoms with Crippen LogP contribution in [0, 0.1) is 0 Å². The monoisotopic (exact) mass is 923 g/mol. The fraction of sp³-hybridized carbons (Fsp3) is 0.750. The molecular formula is C52H91O11P. The van der Waals surface area contributed by atoms with E-state index in [1.807, 2.05) is 0 Å². The highest BCUT2D eigenvalue weighted by Crippen LogP contribution is 2.43. The second-order valence-electron chi connectivity index (χ2n) is 16.6. The lowest BCUT2D eigenvalue weighted by Gasteiger charge is -2.21. The Morgan fingerprint density at radius 1 is 0.453 bits per heavy atom. The molecule has 0 aliphatic heterocycles. The van der Waals surface area contributed by atoms with Crippen LogP contribution in [0.3, 0.4) is 0 Å². The van der Waals surface area contributed by atoms with Crippen molar-refractivity contribution in [2.75, 3.05) is 26.4 Å². The predicted octanol–water partition coefficient (Wildman–Crippen LogP) is 14.0. The van der Waals surface area contributed by atoms with Gasteiger partial charge < -0.3 is 24.2 Å². The van der Waals surface area contributed by atoms with Gasteiger partial charge in [-0.25, -0.2) is 4.57 Å². The van der Waals surface area contributed by atoms with E-state index in [0.717, 1.165) is 109 Å². The second kappa shape index (κ2) is 46.7. The maximum atomic E-state index is 12.8. The summed E-state index contributed by atoms with van der Waals surface area (Å²) in [5.41, 5.74) is 0. The molecular weight excluding hydrogens is 832 g/mol. The van der Waals surface area contributed by atoms with Crippen LogP contribution in [0.5, 0.6) is 0 Å². The summed E-state index contributed by atoms with van der Waals surface area (Å²) < 4.78 is 39.2. The van der Waals surface area contributed by atoms with Gasteiger partial charge >= 0.3 is 25.7 Å². The van der Waals surface area contributed by atoms with Crippen LogP contribution in [0.1, 0.15) is 213 Å². The molecule has 0 aliphatic rings. The highest BCUT2D eigenvalue weighted by Gasteiger charge is 2.28. The van der Waals surface area contributed by atoms with Crippen LogP contribution in [-0.2, 0) is 42.2 Å². The molecule has 3 atom stereocenters. The van der Waals surface area contributed by atoms with Crippen molar-refractivity contribution in [1.82, 2.24) is 0 Å². The highest BCUT2D eigenvalue weighted by molar-refractivity contribution is 7.47. The van der Waals surface area contributed by atoms with E-state index in [2.05, 4.69) is 81.5 Å². The Labute approximate surface area is 389 Å². The third-order valence-electron chi connectivity index (χ3n) is 10.4. The number of carbonyl (C=O) groups excluding carboxylic acids is 3. The zero-order valence-electron chi connectivity index (χ0n) is 40.5. The number of aliphatic hydroxyl groups excluding tert-OH is 1. The Kier molecular flexibility index (Phi) is 44.6. The van der Waals surface area contributed by atoms with Gasteiger partial charge in [-0.05, 0) is 77.0 Å². The van der Waals surface area contributed by atoms with Crippen LogP contribution in [0.2, 0.25) is 0 Å². The van der Waals surface area contributed by atoms with Crippen molar-refractivity contribution < 1.29 is 52.2 Å². The minimum Gasteiger partial charge on any atom is -0.462 e. The predicted molar refractivity (Wildman–Crippen MR) is 261 cm³/mol. The fourth-order valence-corrected chi connectivity index (χ4v) is 7.35. The SMILES string of the molecule is CC/C=C\C/C=C\C/C=C\C/C=C\CCCCCCC(=O)OC(COC(=O)CCCCCCC/C=C\CCCC)COP(=O)(O)OCC(CO)OC(=O)CCCCCCCCCCC. The van der Waals surface area contributed by atoms with Gasteiger partial charge in [0.25, 0.3) is 0 Å². The summed E-state index contributed by atoms with van der Waals surface area (Å²) >= 11 is 0. The largest absolute Gasteiger partial charge is 0.472 e. The lowest BCUT2D eigenvalue weighted by molar-refractivity contribution is -0.161. The first-order chi connectivity index (χ1) is 31.2. The molecule has 0 aliphatic carbocycles. The summed E-state index contributed by atoms with van der Waals surface area (Å²) in [7, 11) is -4.74. The van der Waals surface area contributed by atoms with Gasteiger partial charge in [0.15, 0.2) is 6.10 Å². The van der Waals surface area contributed by atoms with Crippen molar-refractivity contribution >= 4 is 25.7 Å². The number of phosphoric ester groups is 1. The molecule has 3 unspecified atom stereocenters. The first-order valence-corrected chi connectivity index (χ1v) is 26.7. The van der Waals surface area contributed by atoms with Crippen LogP contribution in [0.15, 0.2) is 60.8 Å². The van der Waals surface area contributed by atoms with Crippen molar-refractivity contribution in [2.24, 2.45) is 0 Å². The van der Waals surface area contributed by atoms with Crippen LogP contribution in [-0.4, -0.2) is 66.5 Å². The number of unbranched alkanes of at least 4 members (excludes halogenated alkanes) is 19. The molecule has 0 spiro atoms. The number of phosphoric acid groups is 1. The summed E-state index contributed by atoms with van der Waals surface area (Å²) in [5, 5.41) is 9.73. The molecule has 0 saturated carbocycles. The normalized spacial score (nSPS) is 14.0. The lowest BCUT2D eigenvalue weighted by Crippen LogP contribution is -2.30. The summed E-state index contributed by atoms with van der Waals surface area (Å²) in [4.78, 5) is 48.1. The van der Waals surface area contributed by atoms with Crippen molar-refractivity contribution in [3.05, 3.63) is 60.8 Å². The molecule has 0 saturated heterocycles. The Morgan fingerprint density at radius 3 is 1.31 bits per heavy atom. The molecule has 370 valence electrons. The molecule has 12 heteroatoms. The van der Waals surface area contributed by atoms with Gasteiger partial charge in [0.05, 0.1) is 19.8 Å². The maximum absolute atomic E-state index is 12.8. The first kappa shape index (κ1) is 61.2. The maximum Gasteiger partial charge on any atom is 0.472 e. The molecule has 0 amide bonds. The minimum atomic E-state index is -4.74. The number of esters is 3. The number of carbonyl (C=O) groups is 3. The minimum absolute atomic E-state index is 0.138. The molecule has 0 rings (SSSR count). The van der Waals surface area contributed by atoms with E-state index < -0.39 is 57.8 Å². The molecule has 64 heavy (non-hydrogen) atoms. The summed E-state index contributed by atoms with van der Waals surface area (Å²) in [6.45, 7) is 4.41. The lowest BCUT2D eigenvalue weighted by atomic mass is 10.1. The molecule has 0 radical (unpaired) electrons. The molecule has 0 bridgehead atoms. The van der Waals surface area contributed by atoms with Gasteiger partial charge in [-0.1, -0.05) is 178 Å². The molecule has 0 heterocycles. The number of hydrogen-bond acceptors (Lipinski definition) is 10. The Balaban J connectivity index is 4.80. The third kappa shape index (κ3) is 44.4. The summed E-state index contributed by atoms with van der Waals surface area (Å²) in [6, 6.07) is 0. The smallest absolute Gasteiger partial charge is 0.462 e. The van der Waals surface area contributed by atoms with Crippen molar-refractivity contribution in [3.63, 3.8) is 0 Å². The number of aliphatic hydroxyl groups is 1.